The van der Waals surface area contributed by atoms with Crippen molar-refractivity contribution in [3.05, 3.63) is 24.3 Å². The van der Waals surface area contributed by atoms with Gasteiger partial charge in [0.15, 0.2) is 9.84 Å². The van der Waals surface area contributed by atoms with E-state index in [4.69, 9.17) is 10.0 Å². The summed E-state index contributed by atoms with van der Waals surface area (Å²) in [6.45, 7) is 0. The van der Waals surface area contributed by atoms with Gasteiger partial charge in [0.2, 0.25) is 0 Å². The molecule has 0 aromatic heterocycles. The molecule has 0 atom stereocenters. The van der Waals surface area contributed by atoms with Crippen LogP contribution in [0.4, 0.5) is 0 Å². The Morgan fingerprint density at radius 2 is 1.71 bits per heavy atom. The molecule has 0 amide bonds. The number of rotatable bonds is 3. The van der Waals surface area contributed by atoms with Crippen molar-refractivity contribution in [2.24, 2.45) is 0 Å². The van der Waals surface area contributed by atoms with Crippen LogP contribution in [-0.2, 0) is 9.84 Å². The van der Waals surface area contributed by atoms with Gasteiger partial charge in [0, 0.05) is 6.26 Å². The lowest BCUT2D eigenvalue weighted by Crippen LogP contribution is -2.20. The zero-order chi connectivity index (χ0) is 10.8. The maximum Gasteiger partial charge on any atom is 0.707 e. The molecule has 0 fully saturated rings. The summed E-state index contributed by atoms with van der Waals surface area (Å²) in [6, 6.07) is 5.34. The minimum Gasteiger partial charge on any atom is -0.512 e. The van der Waals surface area contributed by atoms with Crippen LogP contribution in [0.25, 0.3) is 0 Å². The molecular weight excluding hydrogens is 207 g/mol. The first kappa shape index (κ1) is 11.0. The average molecular weight is 216 g/mol. The fourth-order valence-electron chi connectivity index (χ4n) is 0.887. The smallest absolute Gasteiger partial charge is 0.512 e. The Hall–Kier alpha value is -1.05. The predicted molar refractivity (Wildman–Crippen MR) is 50.4 cm³/mol. The van der Waals surface area contributed by atoms with E-state index in [-0.39, 0.29) is 10.6 Å². The first-order chi connectivity index (χ1) is 6.39. The first-order valence-electron chi connectivity index (χ1n) is 3.72. The Balaban J connectivity index is 2.90. The Labute approximate surface area is 82.1 Å². The van der Waals surface area contributed by atoms with Crippen LogP contribution in [0.1, 0.15) is 0 Å². The lowest BCUT2D eigenvalue weighted by Gasteiger charge is -2.04. The second kappa shape index (κ2) is 3.99. The van der Waals surface area contributed by atoms with E-state index in [9.17, 15) is 8.42 Å². The van der Waals surface area contributed by atoms with Crippen molar-refractivity contribution in [3.63, 3.8) is 0 Å². The van der Waals surface area contributed by atoms with Gasteiger partial charge in [0.1, 0.15) is 5.75 Å². The van der Waals surface area contributed by atoms with Gasteiger partial charge in [0.25, 0.3) is 0 Å². The zero-order valence-corrected chi connectivity index (χ0v) is 8.23. The summed E-state index contributed by atoms with van der Waals surface area (Å²) < 4.78 is 26.6. The van der Waals surface area contributed by atoms with Crippen molar-refractivity contribution in [1.82, 2.24) is 0 Å². The molecule has 1 aromatic carbocycles. The van der Waals surface area contributed by atoms with Crippen molar-refractivity contribution < 1.29 is 23.1 Å². The standard InChI is InChI=1S/C7H9BO5S/c1-14(11,12)7-4-2-6(3-5-7)13-8(9)10/h2-5,9-10H,1H3. The number of sulfone groups is 1. The van der Waals surface area contributed by atoms with Crippen molar-refractivity contribution >= 4 is 17.2 Å². The zero-order valence-electron chi connectivity index (χ0n) is 7.41. The third-order valence-electron chi connectivity index (χ3n) is 1.49. The molecule has 0 bridgehead atoms. The number of hydrogen-bond donors (Lipinski definition) is 2. The molecule has 0 radical (unpaired) electrons. The molecule has 0 aliphatic heterocycles. The topological polar surface area (TPSA) is 83.8 Å². The minimum absolute atomic E-state index is 0.150. The van der Waals surface area contributed by atoms with Crippen LogP contribution in [0.2, 0.25) is 0 Å². The quantitative estimate of drug-likeness (QED) is 0.661. The normalized spacial score (nSPS) is 11.1. The van der Waals surface area contributed by atoms with Crippen molar-refractivity contribution in [2.45, 2.75) is 4.90 Å². The summed E-state index contributed by atoms with van der Waals surface area (Å²) >= 11 is 0. The van der Waals surface area contributed by atoms with Crippen molar-refractivity contribution in [1.29, 1.82) is 0 Å². The van der Waals surface area contributed by atoms with Gasteiger partial charge in [-0.25, -0.2) is 8.42 Å². The van der Waals surface area contributed by atoms with Gasteiger partial charge in [-0.3, -0.25) is 0 Å². The monoisotopic (exact) mass is 216 g/mol. The summed E-state index contributed by atoms with van der Waals surface area (Å²) in [6.07, 6.45) is 1.09. The van der Waals surface area contributed by atoms with Crippen molar-refractivity contribution in [2.75, 3.05) is 6.26 Å². The Kier molecular flexibility index (Phi) is 3.15. The van der Waals surface area contributed by atoms with Gasteiger partial charge >= 0.3 is 7.32 Å². The van der Waals surface area contributed by atoms with E-state index in [0.717, 1.165) is 6.26 Å². The van der Waals surface area contributed by atoms with Crippen LogP contribution in [0.15, 0.2) is 29.2 Å². The van der Waals surface area contributed by atoms with Crippen LogP contribution in [-0.4, -0.2) is 32.0 Å². The van der Waals surface area contributed by atoms with Crippen LogP contribution in [0.5, 0.6) is 5.75 Å². The van der Waals surface area contributed by atoms with Gasteiger partial charge in [-0.2, -0.15) is 0 Å². The molecule has 5 nitrogen and oxygen atoms in total. The molecule has 0 aliphatic carbocycles. The van der Waals surface area contributed by atoms with E-state index in [1.54, 1.807) is 0 Å². The fraction of sp³-hybridized carbons (Fsp3) is 0.143. The lowest BCUT2D eigenvalue weighted by atomic mass is 10.2. The van der Waals surface area contributed by atoms with E-state index < -0.39 is 17.2 Å². The summed E-state index contributed by atoms with van der Waals surface area (Å²) in [5.41, 5.74) is 0. The molecule has 0 saturated carbocycles. The van der Waals surface area contributed by atoms with E-state index in [1.807, 2.05) is 0 Å². The largest absolute Gasteiger partial charge is 0.707 e. The summed E-state index contributed by atoms with van der Waals surface area (Å²) in [5.74, 6) is 0.187. The van der Waals surface area contributed by atoms with Crippen LogP contribution in [0, 0.1) is 0 Å². The highest BCUT2D eigenvalue weighted by Crippen LogP contribution is 2.15. The predicted octanol–water partition coefficient (Wildman–Crippen LogP) is -0.562. The van der Waals surface area contributed by atoms with Gasteiger partial charge in [0.05, 0.1) is 4.90 Å². The highest BCUT2D eigenvalue weighted by atomic mass is 32.2. The molecule has 7 heteroatoms. The molecule has 1 aromatic rings. The summed E-state index contributed by atoms with van der Waals surface area (Å²) in [7, 11) is -5.13. The highest BCUT2D eigenvalue weighted by molar-refractivity contribution is 7.90. The van der Waals surface area contributed by atoms with E-state index >= 15 is 0 Å². The number of benzene rings is 1. The van der Waals surface area contributed by atoms with Gasteiger partial charge < -0.3 is 14.7 Å². The molecule has 0 unspecified atom stereocenters. The molecule has 0 saturated heterocycles. The van der Waals surface area contributed by atoms with E-state index in [0.29, 0.717) is 0 Å². The third kappa shape index (κ3) is 3.02. The summed E-state index contributed by atoms with van der Waals surface area (Å²) in [4.78, 5) is 0.150. The average Bonchev–Trinajstić information content (AvgIpc) is 2.02. The molecule has 76 valence electrons. The van der Waals surface area contributed by atoms with Gasteiger partial charge in [-0.05, 0) is 24.3 Å². The lowest BCUT2D eigenvalue weighted by molar-refractivity contribution is 0.288. The molecule has 14 heavy (non-hydrogen) atoms. The SMILES string of the molecule is CS(=O)(=O)c1ccc(OB(O)O)cc1. The second-order valence-corrected chi connectivity index (χ2v) is 4.70. The Bertz CT molecular complexity index is 397. The second-order valence-electron chi connectivity index (χ2n) is 2.69. The minimum atomic E-state index is -3.23. The maximum atomic E-state index is 11.0. The molecule has 0 spiro atoms. The van der Waals surface area contributed by atoms with Gasteiger partial charge in [-0.1, -0.05) is 0 Å². The highest BCUT2D eigenvalue weighted by Gasteiger charge is 2.12. The Morgan fingerprint density at radius 3 is 2.07 bits per heavy atom. The maximum absolute atomic E-state index is 11.0. The summed E-state index contributed by atoms with van der Waals surface area (Å²) in [5, 5.41) is 16.9. The van der Waals surface area contributed by atoms with Crippen LogP contribution < -0.4 is 4.65 Å². The molecular formula is C7H9BO5S. The van der Waals surface area contributed by atoms with Crippen LogP contribution >= 0.6 is 0 Å². The fourth-order valence-corrected chi connectivity index (χ4v) is 1.52. The number of hydrogen-bond acceptors (Lipinski definition) is 5. The molecule has 0 heterocycles. The third-order valence-corrected chi connectivity index (χ3v) is 2.62. The van der Waals surface area contributed by atoms with Gasteiger partial charge in [-0.15, -0.1) is 0 Å². The van der Waals surface area contributed by atoms with E-state index in [1.165, 1.54) is 24.3 Å². The van der Waals surface area contributed by atoms with Crippen molar-refractivity contribution in [3.8, 4) is 5.75 Å². The Morgan fingerprint density at radius 1 is 1.21 bits per heavy atom. The first-order valence-corrected chi connectivity index (χ1v) is 5.61. The molecule has 0 aliphatic rings. The van der Waals surface area contributed by atoms with Crippen LogP contribution in [0.3, 0.4) is 0 Å². The molecule has 1 rings (SSSR count). The molecule has 2 N–H and O–H groups in total. The van der Waals surface area contributed by atoms with E-state index in [2.05, 4.69) is 4.65 Å².